The van der Waals surface area contributed by atoms with Gasteiger partial charge in [0, 0.05) is 0 Å². The van der Waals surface area contributed by atoms with Crippen LogP contribution in [0.3, 0.4) is 0 Å². The summed E-state index contributed by atoms with van der Waals surface area (Å²) < 4.78 is 11.1. The lowest BCUT2D eigenvalue weighted by molar-refractivity contribution is -0.147. The molecule has 2 aliphatic rings. The largest absolute Gasteiger partial charge is 0.463 e. The van der Waals surface area contributed by atoms with Crippen LogP contribution in [0.15, 0.2) is 11.1 Å². The first-order valence-corrected chi connectivity index (χ1v) is 10.1. The first-order chi connectivity index (χ1) is 12.0. The number of hydrogen-bond acceptors (Lipinski definition) is 4. The Kier molecular flexibility index (Phi) is 7.09. The third-order valence-electron chi connectivity index (χ3n) is 6.21. The fourth-order valence-corrected chi connectivity index (χ4v) is 4.51. The third-order valence-corrected chi connectivity index (χ3v) is 6.21. The number of rotatable bonds is 9. The van der Waals surface area contributed by atoms with E-state index in [0.29, 0.717) is 29.6 Å². The quantitative estimate of drug-likeness (QED) is 0.448. The molecule has 5 atom stereocenters. The smallest absolute Gasteiger partial charge is 0.335 e. The Hall–Kier alpha value is -1.32. The highest BCUT2D eigenvalue weighted by Gasteiger charge is 2.53. The zero-order valence-corrected chi connectivity index (χ0v) is 16.5. The lowest BCUT2D eigenvalue weighted by atomic mass is 9.77. The van der Waals surface area contributed by atoms with Crippen LogP contribution in [0.4, 0.5) is 0 Å². The van der Waals surface area contributed by atoms with Crippen LogP contribution in [0.2, 0.25) is 0 Å². The number of esters is 2. The van der Waals surface area contributed by atoms with Gasteiger partial charge in [-0.25, -0.2) is 9.59 Å². The van der Waals surface area contributed by atoms with Gasteiger partial charge in [0.1, 0.15) is 6.10 Å². The standard InChI is InChI=1S/C21H34O4/c1-6-9-10-11-15(7-2)25-21(23)19-17-12-16(13(4)14(17)5)18(19)20(22)24-8-3/h13-17H,6-12H2,1-5H3. The molecule has 2 rings (SSSR count). The van der Waals surface area contributed by atoms with Gasteiger partial charge < -0.3 is 9.47 Å². The molecular formula is C21H34O4. The van der Waals surface area contributed by atoms with Crippen LogP contribution in [0.5, 0.6) is 0 Å². The molecule has 0 saturated heterocycles. The molecule has 0 aromatic heterocycles. The maximum Gasteiger partial charge on any atom is 0.335 e. The third kappa shape index (κ3) is 4.09. The molecule has 1 fully saturated rings. The molecule has 142 valence electrons. The van der Waals surface area contributed by atoms with Crippen molar-refractivity contribution in [1.29, 1.82) is 0 Å². The van der Waals surface area contributed by atoms with E-state index in [1.807, 2.05) is 0 Å². The maximum atomic E-state index is 12.9. The maximum absolute atomic E-state index is 12.9. The van der Waals surface area contributed by atoms with Gasteiger partial charge in [0.15, 0.2) is 0 Å². The van der Waals surface area contributed by atoms with Gasteiger partial charge >= 0.3 is 11.9 Å². The summed E-state index contributed by atoms with van der Waals surface area (Å²) in [6.07, 6.45) is 5.93. The number of unbranched alkanes of at least 4 members (excludes halogenated alkanes) is 2. The Labute approximate surface area is 152 Å². The van der Waals surface area contributed by atoms with E-state index in [1.165, 1.54) is 0 Å². The van der Waals surface area contributed by atoms with Gasteiger partial charge in [-0.1, -0.05) is 40.5 Å². The van der Waals surface area contributed by atoms with E-state index in [9.17, 15) is 9.59 Å². The molecule has 0 radical (unpaired) electrons. The van der Waals surface area contributed by atoms with E-state index in [2.05, 4.69) is 27.7 Å². The fourth-order valence-electron chi connectivity index (χ4n) is 4.51. The van der Waals surface area contributed by atoms with Gasteiger partial charge in [-0.15, -0.1) is 0 Å². The van der Waals surface area contributed by atoms with Gasteiger partial charge in [0.25, 0.3) is 0 Å². The van der Waals surface area contributed by atoms with Crippen LogP contribution in [-0.2, 0) is 19.1 Å². The monoisotopic (exact) mass is 350 g/mol. The molecule has 0 heterocycles. The Balaban J connectivity index is 2.18. The first-order valence-electron chi connectivity index (χ1n) is 10.1. The molecule has 25 heavy (non-hydrogen) atoms. The van der Waals surface area contributed by atoms with Crippen LogP contribution in [0.1, 0.15) is 73.1 Å². The van der Waals surface area contributed by atoms with Crippen molar-refractivity contribution in [3.8, 4) is 0 Å². The highest BCUT2D eigenvalue weighted by atomic mass is 16.5. The van der Waals surface area contributed by atoms with Gasteiger partial charge in [-0.2, -0.15) is 0 Å². The molecule has 0 aliphatic heterocycles. The van der Waals surface area contributed by atoms with Crippen molar-refractivity contribution in [1.82, 2.24) is 0 Å². The molecule has 0 spiro atoms. The second-order valence-corrected chi connectivity index (χ2v) is 7.65. The summed E-state index contributed by atoms with van der Waals surface area (Å²) in [6, 6.07) is 0. The fraction of sp³-hybridized carbons (Fsp3) is 0.810. The summed E-state index contributed by atoms with van der Waals surface area (Å²) in [5.74, 6) is 0.498. The molecular weight excluding hydrogens is 316 g/mol. The predicted octanol–water partition coefficient (Wildman–Crippen LogP) is 4.67. The first kappa shape index (κ1) is 20.0. The van der Waals surface area contributed by atoms with Crippen molar-refractivity contribution in [2.45, 2.75) is 79.2 Å². The molecule has 4 heteroatoms. The number of carbonyl (C=O) groups is 2. The molecule has 0 N–H and O–H groups in total. The van der Waals surface area contributed by atoms with Gasteiger partial charge in [-0.3, -0.25) is 0 Å². The van der Waals surface area contributed by atoms with E-state index in [0.717, 1.165) is 38.5 Å². The average Bonchev–Trinajstić information content (AvgIpc) is 3.11. The molecule has 2 aliphatic carbocycles. The van der Waals surface area contributed by atoms with Crippen molar-refractivity contribution in [2.24, 2.45) is 23.7 Å². The number of ether oxygens (including phenoxy) is 2. The van der Waals surface area contributed by atoms with Crippen molar-refractivity contribution in [3.63, 3.8) is 0 Å². The van der Waals surface area contributed by atoms with Crippen LogP contribution in [-0.4, -0.2) is 24.6 Å². The molecule has 1 saturated carbocycles. The van der Waals surface area contributed by atoms with Crippen molar-refractivity contribution in [3.05, 3.63) is 11.1 Å². The van der Waals surface area contributed by atoms with Crippen molar-refractivity contribution < 1.29 is 19.1 Å². The molecule has 4 nitrogen and oxygen atoms in total. The van der Waals surface area contributed by atoms with Crippen LogP contribution < -0.4 is 0 Å². The summed E-state index contributed by atoms with van der Waals surface area (Å²) in [5.41, 5.74) is 1.22. The van der Waals surface area contributed by atoms with Gasteiger partial charge in [0.2, 0.25) is 0 Å². The minimum absolute atomic E-state index is 0.0538. The molecule has 5 unspecified atom stereocenters. The Bertz CT molecular complexity index is 522. The summed E-state index contributed by atoms with van der Waals surface area (Å²) in [5, 5.41) is 0. The Morgan fingerprint density at radius 3 is 2.12 bits per heavy atom. The normalized spacial score (nSPS) is 29.0. The number of hydrogen-bond donors (Lipinski definition) is 0. The molecule has 0 aromatic rings. The topological polar surface area (TPSA) is 52.6 Å². The lowest BCUT2D eigenvalue weighted by Gasteiger charge is -2.29. The van der Waals surface area contributed by atoms with Crippen LogP contribution in [0.25, 0.3) is 0 Å². The molecule has 0 aromatic carbocycles. The van der Waals surface area contributed by atoms with Gasteiger partial charge in [-0.05, 0) is 56.3 Å². The van der Waals surface area contributed by atoms with Gasteiger partial charge in [0.05, 0.1) is 17.8 Å². The highest BCUT2D eigenvalue weighted by molar-refractivity contribution is 6.02. The summed E-state index contributed by atoms with van der Waals surface area (Å²) >= 11 is 0. The van der Waals surface area contributed by atoms with E-state index >= 15 is 0 Å². The molecule has 0 amide bonds. The minimum atomic E-state index is -0.320. The summed E-state index contributed by atoms with van der Waals surface area (Å²) in [4.78, 5) is 25.4. The van der Waals surface area contributed by atoms with E-state index < -0.39 is 0 Å². The number of carbonyl (C=O) groups excluding carboxylic acids is 2. The van der Waals surface area contributed by atoms with Crippen LogP contribution in [0, 0.1) is 23.7 Å². The zero-order valence-electron chi connectivity index (χ0n) is 16.5. The summed E-state index contributed by atoms with van der Waals surface area (Å²) in [6.45, 7) is 10.7. The van der Waals surface area contributed by atoms with E-state index in [4.69, 9.17) is 9.47 Å². The Morgan fingerprint density at radius 1 is 1.00 bits per heavy atom. The van der Waals surface area contributed by atoms with Crippen molar-refractivity contribution in [2.75, 3.05) is 6.61 Å². The van der Waals surface area contributed by atoms with E-state index in [-0.39, 0.29) is 29.9 Å². The Morgan fingerprint density at radius 2 is 1.60 bits per heavy atom. The van der Waals surface area contributed by atoms with Crippen LogP contribution >= 0.6 is 0 Å². The lowest BCUT2D eigenvalue weighted by Crippen LogP contribution is -2.30. The predicted molar refractivity (Wildman–Crippen MR) is 97.9 cm³/mol. The van der Waals surface area contributed by atoms with E-state index in [1.54, 1.807) is 6.92 Å². The minimum Gasteiger partial charge on any atom is -0.463 e. The molecule has 2 bridgehead atoms. The second kappa shape index (κ2) is 8.86. The van der Waals surface area contributed by atoms with Crippen molar-refractivity contribution >= 4 is 11.9 Å². The second-order valence-electron chi connectivity index (χ2n) is 7.65. The highest BCUT2D eigenvalue weighted by Crippen LogP contribution is 2.55. The average molecular weight is 350 g/mol. The number of fused-ring (bicyclic) bond motifs is 2. The summed E-state index contributed by atoms with van der Waals surface area (Å²) in [7, 11) is 0. The zero-order chi connectivity index (χ0) is 18.6. The SMILES string of the molecule is CCCCCC(CC)OC(=O)C1=C(C(=O)OCC)C2CC1C(C)C2C.